The fraction of sp³-hybridized carbons (Fsp3) is 0.389. The molecule has 0 atom stereocenters. The molecular weight excluding hydrogens is 304 g/mol. The van der Waals surface area contributed by atoms with E-state index in [1.165, 1.54) is 6.42 Å². The van der Waals surface area contributed by atoms with Gasteiger partial charge in [0.05, 0.1) is 17.9 Å². The van der Waals surface area contributed by atoms with Crippen LogP contribution in [0.5, 0.6) is 0 Å². The zero-order valence-corrected chi connectivity index (χ0v) is 13.4. The van der Waals surface area contributed by atoms with Crippen LogP contribution in [0.15, 0.2) is 24.3 Å². The van der Waals surface area contributed by atoms with E-state index in [4.69, 9.17) is 5.73 Å². The van der Waals surface area contributed by atoms with Crippen molar-refractivity contribution in [1.82, 2.24) is 14.9 Å². The average Bonchev–Trinajstić information content (AvgIpc) is 2.96. The number of nitrogens with two attached hydrogens (primary N) is 1. The maximum atomic E-state index is 12.4. The normalized spacial score (nSPS) is 17.2. The summed E-state index contributed by atoms with van der Waals surface area (Å²) in [6.07, 6.45) is 4.01. The third-order valence-corrected chi connectivity index (χ3v) is 5.04. The Morgan fingerprint density at radius 2 is 1.96 bits per heavy atom. The molecule has 1 aliphatic carbocycles. The Labute approximate surface area is 140 Å². The number of rotatable bonds is 3. The van der Waals surface area contributed by atoms with E-state index in [2.05, 4.69) is 9.97 Å². The summed E-state index contributed by atoms with van der Waals surface area (Å²) in [7, 11) is 0. The van der Waals surface area contributed by atoms with Crippen LogP contribution in [-0.4, -0.2) is 33.2 Å². The van der Waals surface area contributed by atoms with Crippen LogP contribution < -0.4 is 5.73 Å². The predicted octanol–water partition coefficient (Wildman–Crippen LogP) is 1.86. The van der Waals surface area contributed by atoms with Gasteiger partial charge in [0.2, 0.25) is 11.8 Å². The molecule has 1 aromatic carbocycles. The third kappa shape index (κ3) is 2.58. The van der Waals surface area contributed by atoms with E-state index in [0.29, 0.717) is 12.1 Å². The molecule has 1 aliphatic heterocycles. The predicted molar refractivity (Wildman–Crippen MR) is 89.0 cm³/mol. The van der Waals surface area contributed by atoms with Crippen LogP contribution in [0, 0.1) is 5.92 Å². The van der Waals surface area contributed by atoms with Crippen LogP contribution in [0.3, 0.4) is 0 Å². The summed E-state index contributed by atoms with van der Waals surface area (Å²) in [5.41, 5.74) is 8.70. The first-order valence-corrected chi connectivity index (χ1v) is 8.38. The number of fused-ring (bicyclic) bond motifs is 1. The Morgan fingerprint density at radius 1 is 1.21 bits per heavy atom. The first-order valence-electron chi connectivity index (χ1n) is 8.38. The summed E-state index contributed by atoms with van der Waals surface area (Å²) in [6.45, 7) is 1.35. The van der Waals surface area contributed by atoms with E-state index in [1.54, 1.807) is 12.1 Å². The number of nitrogens with one attached hydrogen (secondary N) is 1. The lowest BCUT2D eigenvalue weighted by Gasteiger charge is -2.33. The fourth-order valence-corrected chi connectivity index (χ4v) is 3.32. The molecule has 4 rings (SSSR count). The molecule has 2 amide bonds. The van der Waals surface area contributed by atoms with E-state index in [9.17, 15) is 9.59 Å². The number of aromatic nitrogens is 2. The second kappa shape index (κ2) is 5.78. The molecule has 6 heteroatoms. The third-order valence-electron chi connectivity index (χ3n) is 5.04. The van der Waals surface area contributed by atoms with Gasteiger partial charge in [-0.05, 0) is 25.0 Å². The van der Waals surface area contributed by atoms with Crippen molar-refractivity contribution < 1.29 is 9.59 Å². The lowest BCUT2D eigenvalue weighted by atomic mass is 9.84. The summed E-state index contributed by atoms with van der Waals surface area (Å²) >= 11 is 0. The van der Waals surface area contributed by atoms with Gasteiger partial charge in [0.1, 0.15) is 5.82 Å². The number of aromatic amines is 1. The summed E-state index contributed by atoms with van der Waals surface area (Å²) in [6, 6.07) is 7.07. The van der Waals surface area contributed by atoms with Crippen LogP contribution in [0.2, 0.25) is 0 Å². The Hall–Kier alpha value is -2.63. The van der Waals surface area contributed by atoms with E-state index >= 15 is 0 Å². The van der Waals surface area contributed by atoms with E-state index in [0.717, 1.165) is 48.6 Å². The molecule has 6 nitrogen and oxygen atoms in total. The number of hydrogen-bond acceptors (Lipinski definition) is 3. The van der Waals surface area contributed by atoms with Gasteiger partial charge in [-0.2, -0.15) is 0 Å². The summed E-state index contributed by atoms with van der Waals surface area (Å²) in [4.78, 5) is 33.5. The van der Waals surface area contributed by atoms with Crippen molar-refractivity contribution in [2.75, 3.05) is 6.54 Å². The molecule has 0 radical (unpaired) electrons. The highest BCUT2D eigenvalue weighted by molar-refractivity contribution is 5.93. The highest BCUT2D eigenvalue weighted by Crippen LogP contribution is 2.30. The molecular formula is C18H20N4O2. The van der Waals surface area contributed by atoms with Crippen molar-refractivity contribution >= 4 is 11.8 Å². The topological polar surface area (TPSA) is 92.1 Å². The molecule has 1 saturated carbocycles. The van der Waals surface area contributed by atoms with Crippen molar-refractivity contribution in [3.05, 3.63) is 41.2 Å². The molecule has 0 unspecified atom stereocenters. The number of benzene rings is 1. The molecule has 2 aliphatic rings. The van der Waals surface area contributed by atoms with Gasteiger partial charge >= 0.3 is 0 Å². The highest BCUT2D eigenvalue weighted by Gasteiger charge is 2.32. The van der Waals surface area contributed by atoms with Crippen molar-refractivity contribution in [1.29, 1.82) is 0 Å². The molecule has 0 saturated heterocycles. The summed E-state index contributed by atoms with van der Waals surface area (Å²) in [5.74, 6) is 0.851. The van der Waals surface area contributed by atoms with Gasteiger partial charge in [-0.15, -0.1) is 0 Å². The molecule has 124 valence electrons. The number of amides is 2. The molecule has 1 aromatic heterocycles. The van der Waals surface area contributed by atoms with E-state index < -0.39 is 5.91 Å². The minimum Gasteiger partial charge on any atom is -0.366 e. The Morgan fingerprint density at radius 3 is 2.58 bits per heavy atom. The van der Waals surface area contributed by atoms with Crippen LogP contribution in [0.4, 0.5) is 0 Å². The number of carbonyl (C=O) groups is 2. The molecule has 24 heavy (non-hydrogen) atoms. The molecule has 0 bridgehead atoms. The summed E-state index contributed by atoms with van der Waals surface area (Å²) < 4.78 is 0. The quantitative estimate of drug-likeness (QED) is 0.902. The number of carbonyl (C=O) groups excluding carboxylic acids is 2. The molecule has 1 fully saturated rings. The molecule has 0 spiro atoms. The van der Waals surface area contributed by atoms with E-state index in [1.807, 2.05) is 17.0 Å². The fourth-order valence-electron chi connectivity index (χ4n) is 3.32. The van der Waals surface area contributed by atoms with Gasteiger partial charge < -0.3 is 15.6 Å². The van der Waals surface area contributed by atoms with E-state index in [-0.39, 0.29) is 11.8 Å². The smallest absolute Gasteiger partial charge is 0.248 e. The minimum atomic E-state index is -0.439. The van der Waals surface area contributed by atoms with Gasteiger partial charge in [0.15, 0.2) is 0 Å². The average molecular weight is 324 g/mol. The Kier molecular flexibility index (Phi) is 3.59. The Balaban J connectivity index is 1.53. The van der Waals surface area contributed by atoms with Crippen LogP contribution in [0.1, 0.15) is 41.0 Å². The second-order valence-electron chi connectivity index (χ2n) is 6.59. The first-order chi connectivity index (χ1) is 11.6. The van der Waals surface area contributed by atoms with Crippen LogP contribution >= 0.6 is 0 Å². The van der Waals surface area contributed by atoms with Crippen molar-refractivity contribution in [3.63, 3.8) is 0 Å². The number of H-pyrrole nitrogens is 1. The van der Waals surface area contributed by atoms with Gasteiger partial charge in [-0.1, -0.05) is 18.6 Å². The lowest BCUT2D eigenvalue weighted by Crippen LogP contribution is -2.41. The second-order valence-corrected chi connectivity index (χ2v) is 6.59. The standard InChI is InChI=1S/C18H20N4O2/c19-16(23)11-4-6-12(7-5-11)17-20-14-8-9-22(10-15(14)21-17)18(24)13-2-1-3-13/h4-7,13H,1-3,8-10H2,(H2,19,23)(H,20,21). The number of imidazole rings is 1. The van der Waals surface area contributed by atoms with Crippen molar-refractivity contribution in [3.8, 4) is 11.4 Å². The zero-order chi connectivity index (χ0) is 16.7. The SMILES string of the molecule is NC(=O)c1ccc(-c2nc3c([nH]2)CN(C(=O)C2CCC2)CC3)cc1. The first kappa shape index (κ1) is 14.9. The Bertz CT molecular complexity index is 790. The van der Waals surface area contributed by atoms with Crippen molar-refractivity contribution in [2.45, 2.75) is 32.2 Å². The monoisotopic (exact) mass is 324 g/mol. The van der Waals surface area contributed by atoms with Gasteiger partial charge in [0.25, 0.3) is 0 Å². The maximum absolute atomic E-state index is 12.4. The number of nitrogens with zero attached hydrogens (tertiary/aromatic N) is 2. The van der Waals surface area contributed by atoms with Crippen LogP contribution in [0.25, 0.3) is 11.4 Å². The molecule has 2 aromatic rings. The maximum Gasteiger partial charge on any atom is 0.248 e. The van der Waals surface area contributed by atoms with Gasteiger partial charge in [-0.25, -0.2) is 4.98 Å². The number of hydrogen-bond donors (Lipinski definition) is 2. The molecule has 2 heterocycles. The van der Waals surface area contributed by atoms with Crippen molar-refractivity contribution in [2.24, 2.45) is 11.7 Å². The highest BCUT2D eigenvalue weighted by atomic mass is 16.2. The summed E-state index contributed by atoms with van der Waals surface area (Å²) in [5, 5.41) is 0. The molecule has 3 N–H and O–H groups in total. The minimum absolute atomic E-state index is 0.232. The largest absolute Gasteiger partial charge is 0.366 e. The van der Waals surface area contributed by atoms with Gasteiger partial charge in [0, 0.05) is 30.0 Å². The number of primary amides is 1. The zero-order valence-electron chi connectivity index (χ0n) is 13.4. The van der Waals surface area contributed by atoms with Gasteiger partial charge in [-0.3, -0.25) is 9.59 Å². The van der Waals surface area contributed by atoms with Crippen LogP contribution in [-0.2, 0) is 17.8 Å². The lowest BCUT2D eigenvalue weighted by molar-refractivity contribution is -0.139.